The van der Waals surface area contributed by atoms with E-state index in [0.29, 0.717) is 18.7 Å². The molecule has 1 heterocycles. The molecular weight excluding hydrogens is 414 g/mol. The average molecular weight is 437 g/mol. The largest absolute Gasteiger partial charge is 1.00 e. The van der Waals surface area contributed by atoms with Crippen LogP contribution < -0.4 is 12.4 Å². The molecule has 7 heteroatoms. The number of piperazine rings is 1. The molecule has 160 valence electrons. The SMILES string of the molecule is O=C(c1cccc([N+](=O)[O-])c1)N1CCN(C(c2ccccc2)c2ccccc2)CC1.[Cl-]. The lowest BCUT2D eigenvalue weighted by Crippen LogP contribution is -3.00. The van der Waals surface area contributed by atoms with Crippen LogP contribution in [0.25, 0.3) is 0 Å². The predicted octanol–water partition coefficient (Wildman–Crippen LogP) is 1.15. The quantitative estimate of drug-likeness (QED) is 0.444. The molecule has 0 N–H and O–H groups in total. The molecule has 0 radical (unpaired) electrons. The van der Waals surface area contributed by atoms with Crippen LogP contribution in [-0.2, 0) is 0 Å². The van der Waals surface area contributed by atoms with Crippen molar-refractivity contribution < 1.29 is 22.1 Å². The molecule has 1 aliphatic rings. The number of nitro groups is 1. The van der Waals surface area contributed by atoms with E-state index >= 15 is 0 Å². The zero-order valence-electron chi connectivity index (χ0n) is 16.9. The first-order valence-electron chi connectivity index (χ1n) is 10.0. The van der Waals surface area contributed by atoms with Crippen LogP contribution in [0.1, 0.15) is 27.5 Å². The van der Waals surface area contributed by atoms with Gasteiger partial charge in [-0.25, -0.2) is 0 Å². The topological polar surface area (TPSA) is 66.7 Å². The van der Waals surface area contributed by atoms with Crippen molar-refractivity contribution in [2.45, 2.75) is 6.04 Å². The number of benzene rings is 3. The molecule has 0 unspecified atom stereocenters. The number of nitro benzene ring substituents is 1. The van der Waals surface area contributed by atoms with Crippen molar-refractivity contribution in [1.29, 1.82) is 0 Å². The minimum Gasteiger partial charge on any atom is -1.00 e. The molecule has 3 aromatic carbocycles. The third-order valence-electron chi connectivity index (χ3n) is 5.50. The van der Waals surface area contributed by atoms with Crippen molar-refractivity contribution in [3.05, 3.63) is 112 Å². The molecule has 1 fully saturated rings. The Balaban J connectivity index is 0.00000272. The minimum atomic E-state index is -0.473. The Morgan fingerprint density at radius 3 is 1.87 bits per heavy atom. The van der Waals surface area contributed by atoms with Gasteiger partial charge < -0.3 is 17.3 Å². The van der Waals surface area contributed by atoms with Gasteiger partial charge in [-0.1, -0.05) is 66.7 Å². The molecule has 6 nitrogen and oxygen atoms in total. The maximum absolute atomic E-state index is 12.9. The second kappa shape index (κ2) is 10.2. The minimum absolute atomic E-state index is 0. The zero-order valence-corrected chi connectivity index (χ0v) is 17.7. The lowest BCUT2D eigenvalue weighted by atomic mass is 9.96. The van der Waals surface area contributed by atoms with Crippen molar-refractivity contribution in [3.8, 4) is 0 Å². The lowest BCUT2D eigenvalue weighted by Gasteiger charge is -2.39. The Bertz CT molecular complexity index is 983. The van der Waals surface area contributed by atoms with Gasteiger partial charge in [0.2, 0.25) is 0 Å². The van der Waals surface area contributed by atoms with E-state index in [1.165, 1.54) is 23.3 Å². The molecule has 1 amide bonds. The third kappa shape index (κ3) is 5.10. The van der Waals surface area contributed by atoms with E-state index < -0.39 is 4.92 Å². The Labute approximate surface area is 187 Å². The number of amides is 1. The van der Waals surface area contributed by atoms with Gasteiger partial charge in [-0.15, -0.1) is 0 Å². The smallest absolute Gasteiger partial charge is 0.270 e. The van der Waals surface area contributed by atoms with Gasteiger partial charge in [0.1, 0.15) is 0 Å². The fraction of sp³-hybridized carbons (Fsp3) is 0.208. The van der Waals surface area contributed by atoms with Crippen molar-refractivity contribution in [3.63, 3.8) is 0 Å². The summed E-state index contributed by atoms with van der Waals surface area (Å²) in [6.45, 7) is 2.62. The first kappa shape index (κ1) is 22.5. The summed E-state index contributed by atoms with van der Waals surface area (Å²) in [6.07, 6.45) is 0. The molecule has 3 aromatic rings. The van der Waals surface area contributed by atoms with Crippen LogP contribution in [0.15, 0.2) is 84.9 Å². The summed E-state index contributed by atoms with van der Waals surface area (Å²) in [5.74, 6) is -0.158. The summed E-state index contributed by atoms with van der Waals surface area (Å²) in [5.41, 5.74) is 2.75. The normalized spacial score (nSPS) is 14.2. The molecule has 0 spiro atoms. The molecule has 0 saturated carbocycles. The average Bonchev–Trinajstić information content (AvgIpc) is 2.81. The molecule has 0 bridgehead atoms. The van der Waals surface area contributed by atoms with Crippen molar-refractivity contribution >= 4 is 11.6 Å². The van der Waals surface area contributed by atoms with Gasteiger partial charge in [0.25, 0.3) is 11.6 Å². The molecule has 31 heavy (non-hydrogen) atoms. The Morgan fingerprint density at radius 2 is 1.35 bits per heavy atom. The van der Waals surface area contributed by atoms with Crippen LogP contribution in [0.5, 0.6) is 0 Å². The number of hydrogen-bond acceptors (Lipinski definition) is 4. The number of carbonyl (C=O) groups excluding carboxylic acids is 1. The third-order valence-corrected chi connectivity index (χ3v) is 5.50. The molecular formula is C24H23ClN3O3-. The maximum Gasteiger partial charge on any atom is 0.270 e. The van der Waals surface area contributed by atoms with Crippen molar-refractivity contribution in [1.82, 2.24) is 9.80 Å². The van der Waals surface area contributed by atoms with Crippen molar-refractivity contribution in [2.75, 3.05) is 26.2 Å². The van der Waals surface area contributed by atoms with Gasteiger partial charge in [-0.3, -0.25) is 19.8 Å². The monoisotopic (exact) mass is 436 g/mol. The first-order chi connectivity index (χ1) is 14.6. The number of carbonyl (C=O) groups is 1. The number of halogens is 1. The fourth-order valence-corrected chi connectivity index (χ4v) is 4.00. The van der Waals surface area contributed by atoms with Gasteiger partial charge in [-0.05, 0) is 17.2 Å². The van der Waals surface area contributed by atoms with Crippen LogP contribution in [0.4, 0.5) is 5.69 Å². The van der Waals surface area contributed by atoms with E-state index in [1.54, 1.807) is 17.0 Å². The summed E-state index contributed by atoms with van der Waals surface area (Å²) < 4.78 is 0. The van der Waals surface area contributed by atoms with Crippen LogP contribution in [0.3, 0.4) is 0 Å². The standard InChI is InChI=1S/C24H23N3O3.ClH/c28-24(21-12-7-13-22(18-21)27(29)30)26-16-14-25(15-17-26)23(19-8-3-1-4-9-19)20-10-5-2-6-11-20;/h1-13,18,23H,14-17H2;1H/p-1. The number of rotatable bonds is 5. The number of hydrogen-bond donors (Lipinski definition) is 0. The predicted molar refractivity (Wildman–Crippen MR) is 115 cm³/mol. The van der Waals surface area contributed by atoms with Crippen molar-refractivity contribution in [2.24, 2.45) is 0 Å². The van der Waals surface area contributed by atoms with Crippen LogP contribution in [0.2, 0.25) is 0 Å². The zero-order chi connectivity index (χ0) is 20.9. The highest BCUT2D eigenvalue weighted by atomic mass is 35.5. The summed E-state index contributed by atoms with van der Waals surface area (Å²) in [4.78, 5) is 27.6. The number of nitrogens with zero attached hydrogens (tertiary/aromatic N) is 3. The van der Waals surface area contributed by atoms with Gasteiger partial charge >= 0.3 is 0 Å². The Kier molecular flexibility index (Phi) is 7.39. The van der Waals surface area contributed by atoms with E-state index in [0.717, 1.165) is 13.1 Å². The fourth-order valence-electron chi connectivity index (χ4n) is 4.00. The van der Waals surface area contributed by atoms with E-state index in [1.807, 2.05) is 36.4 Å². The van der Waals surface area contributed by atoms with Gasteiger partial charge in [0.05, 0.1) is 11.0 Å². The van der Waals surface area contributed by atoms with E-state index in [9.17, 15) is 14.9 Å². The molecule has 1 saturated heterocycles. The van der Waals surface area contributed by atoms with E-state index in [4.69, 9.17) is 0 Å². The summed E-state index contributed by atoms with van der Waals surface area (Å²) >= 11 is 0. The molecule has 0 aromatic heterocycles. The van der Waals surface area contributed by atoms with Crippen LogP contribution >= 0.6 is 0 Å². The Hall–Kier alpha value is -3.22. The molecule has 4 rings (SSSR count). The molecule has 1 aliphatic heterocycles. The van der Waals surface area contributed by atoms with Crippen LogP contribution in [0, 0.1) is 10.1 Å². The summed E-state index contributed by atoms with van der Waals surface area (Å²) in [6, 6.07) is 26.9. The van der Waals surface area contributed by atoms with Crippen LogP contribution in [-0.4, -0.2) is 46.8 Å². The van der Waals surface area contributed by atoms with Gasteiger partial charge in [0.15, 0.2) is 0 Å². The summed E-state index contributed by atoms with van der Waals surface area (Å²) in [5, 5.41) is 11.0. The van der Waals surface area contributed by atoms with E-state index in [-0.39, 0.29) is 30.0 Å². The maximum atomic E-state index is 12.9. The lowest BCUT2D eigenvalue weighted by molar-refractivity contribution is -0.384. The summed E-state index contributed by atoms with van der Waals surface area (Å²) in [7, 11) is 0. The van der Waals surface area contributed by atoms with E-state index in [2.05, 4.69) is 29.2 Å². The Morgan fingerprint density at radius 1 is 0.806 bits per heavy atom. The highest BCUT2D eigenvalue weighted by Crippen LogP contribution is 2.29. The van der Waals surface area contributed by atoms with Gasteiger partial charge in [0, 0.05) is 43.9 Å². The molecule has 0 atom stereocenters. The van der Waals surface area contributed by atoms with Gasteiger partial charge in [-0.2, -0.15) is 0 Å². The second-order valence-electron chi connectivity index (χ2n) is 7.36. The highest BCUT2D eigenvalue weighted by Gasteiger charge is 2.28. The first-order valence-corrected chi connectivity index (χ1v) is 10.0. The number of non-ortho nitro benzene ring substituents is 1. The highest BCUT2D eigenvalue weighted by molar-refractivity contribution is 5.94. The second-order valence-corrected chi connectivity index (χ2v) is 7.36. The molecule has 0 aliphatic carbocycles.